The summed E-state index contributed by atoms with van der Waals surface area (Å²) in [7, 11) is 0. The molecular formula is C19H18FN3O3S. The fraction of sp³-hybridized carbons (Fsp3) is 0.211. The summed E-state index contributed by atoms with van der Waals surface area (Å²) in [6, 6.07) is 11.6. The fourth-order valence-corrected chi connectivity index (χ4v) is 3.70. The van der Waals surface area contributed by atoms with Crippen LogP contribution in [0.25, 0.3) is 16.7 Å². The summed E-state index contributed by atoms with van der Waals surface area (Å²) in [6.07, 6.45) is 0.410. The predicted molar refractivity (Wildman–Crippen MR) is 103 cm³/mol. The van der Waals surface area contributed by atoms with E-state index in [9.17, 15) is 19.1 Å². The summed E-state index contributed by atoms with van der Waals surface area (Å²) in [5.41, 5.74) is 1.90. The number of fused-ring (bicyclic) bond motifs is 1. The first-order chi connectivity index (χ1) is 12.9. The van der Waals surface area contributed by atoms with Gasteiger partial charge in [-0.25, -0.2) is 9.37 Å². The van der Waals surface area contributed by atoms with Crippen molar-refractivity contribution in [3.8, 4) is 5.69 Å². The van der Waals surface area contributed by atoms with Crippen molar-refractivity contribution in [1.82, 2.24) is 9.55 Å². The Morgan fingerprint density at radius 2 is 2.04 bits per heavy atom. The highest BCUT2D eigenvalue weighted by Crippen LogP contribution is 2.33. The maximum Gasteiger partial charge on any atom is 0.317 e. The van der Waals surface area contributed by atoms with Crippen LogP contribution in [0.5, 0.6) is 0 Å². The molecule has 0 aliphatic heterocycles. The first kappa shape index (κ1) is 18.9. The van der Waals surface area contributed by atoms with E-state index in [4.69, 9.17) is 0 Å². The molecule has 8 heteroatoms. The molecule has 0 saturated heterocycles. The van der Waals surface area contributed by atoms with Crippen molar-refractivity contribution in [3.63, 3.8) is 0 Å². The number of amides is 1. The van der Waals surface area contributed by atoms with Crippen molar-refractivity contribution in [2.24, 2.45) is 0 Å². The molecule has 3 rings (SSSR count). The number of thioether (sulfide) groups is 1. The number of hydrogen-bond donors (Lipinski definition) is 2. The number of anilines is 1. The lowest BCUT2D eigenvalue weighted by Gasteiger charge is -2.14. The number of imidazole rings is 1. The Morgan fingerprint density at radius 3 is 2.67 bits per heavy atom. The van der Waals surface area contributed by atoms with Crippen molar-refractivity contribution >= 4 is 40.4 Å². The molecule has 0 saturated carbocycles. The Labute approximate surface area is 159 Å². The first-order valence-electron chi connectivity index (χ1n) is 8.35. The van der Waals surface area contributed by atoms with Crippen molar-refractivity contribution in [2.75, 3.05) is 5.32 Å². The number of carboxylic acid groups (broad SMARTS) is 1. The molecule has 1 heterocycles. The third-order valence-corrected chi connectivity index (χ3v) is 5.24. The van der Waals surface area contributed by atoms with Gasteiger partial charge in [-0.05, 0) is 36.8 Å². The number of nitrogens with one attached hydrogen (secondary N) is 1. The number of para-hydroxylation sites is 2. The lowest BCUT2D eigenvalue weighted by Crippen LogP contribution is -2.16. The Bertz CT molecular complexity index is 1020. The topological polar surface area (TPSA) is 84.2 Å². The normalized spacial score (nSPS) is 12.1. The van der Waals surface area contributed by atoms with E-state index in [1.807, 2.05) is 12.1 Å². The zero-order valence-corrected chi connectivity index (χ0v) is 15.6. The molecule has 27 heavy (non-hydrogen) atoms. The third-order valence-electron chi connectivity index (χ3n) is 3.93. The number of aromatic nitrogens is 2. The van der Waals surface area contributed by atoms with Gasteiger partial charge < -0.3 is 10.4 Å². The summed E-state index contributed by atoms with van der Waals surface area (Å²) in [5.74, 6) is -1.78. The van der Waals surface area contributed by atoms with Gasteiger partial charge in [0.15, 0.2) is 5.16 Å². The molecule has 3 aromatic rings. The molecule has 0 bridgehead atoms. The number of carbonyl (C=O) groups excluding carboxylic acids is 1. The molecule has 1 aromatic heterocycles. The molecule has 1 atom stereocenters. The number of hydrogen-bond acceptors (Lipinski definition) is 4. The first-order valence-corrected chi connectivity index (χ1v) is 9.23. The van der Waals surface area contributed by atoms with Crippen molar-refractivity contribution in [2.45, 2.75) is 30.7 Å². The number of benzene rings is 2. The minimum absolute atomic E-state index is 0.237. The van der Waals surface area contributed by atoms with Gasteiger partial charge in [0.25, 0.3) is 0 Å². The second-order valence-electron chi connectivity index (χ2n) is 5.92. The van der Waals surface area contributed by atoms with Crippen LogP contribution in [0, 0.1) is 5.82 Å². The average Bonchev–Trinajstić information content (AvgIpc) is 2.97. The van der Waals surface area contributed by atoms with Crippen LogP contribution in [-0.4, -0.2) is 31.8 Å². The molecule has 6 nitrogen and oxygen atoms in total. The SMILES string of the molecule is CCC(Sc1nc2ccccc2n1-c1ccc(NC(C)=O)cc1F)C(=O)O. The number of carbonyl (C=O) groups is 2. The summed E-state index contributed by atoms with van der Waals surface area (Å²) in [5, 5.41) is 11.6. The second kappa shape index (κ2) is 7.79. The number of carboxylic acids is 1. The van der Waals surface area contributed by atoms with Gasteiger partial charge >= 0.3 is 5.97 Å². The lowest BCUT2D eigenvalue weighted by atomic mass is 10.2. The largest absolute Gasteiger partial charge is 0.480 e. The summed E-state index contributed by atoms with van der Waals surface area (Å²) in [4.78, 5) is 27.1. The molecule has 0 radical (unpaired) electrons. The monoisotopic (exact) mass is 387 g/mol. The van der Waals surface area contributed by atoms with E-state index in [1.54, 1.807) is 35.8 Å². The van der Waals surface area contributed by atoms with E-state index in [-0.39, 0.29) is 11.6 Å². The van der Waals surface area contributed by atoms with Crippen LogP contribution < -0.4 is 5.32 Å². The molecule has 1 unspecified atom stereocenters. The number of rotatable bonds is 6. The zero-order valence-electron chi connectivity index (χ0n) is 14.8. The smallest absolute Gasteiger partial charge is 0.317 e. The van der Waals surface area contributed by atoms with Crippen LogP contribution in [0.3, 0.4) is 0 Å². The zero-order chi connectivity index (χ0) is 19.6. The maximum atomic E-state index is 14.8. The minimum atomic E-state index is -0.942. The summed E-state index contributed by atoms with van der Waals surface area (Å²) >= 11 is 1.08. The highest BCUT2D eigenvalue weighted by atomic mass is 32.2. The summed E-state index contributed by atoms with van der Waals surface area (Å²) in [6.45, 7) is 3.13. The van der Waals surface area contributed by atoms with Crippen molar-refractivity contribution in [1.29, 1.82) is 0 Å². The molecule has 0 fully saturated rings. The molecular weight excluding hydrogens is 369 g/mol. The van der Waals surface area contributed by atoms with Crippen molar-refractivity contribution in [3.05, 3.63) is 48.3 Å². The van der Waals surface area contributed by atoms with E-state index >= 15 is 0 Å². The van der Waals surface area contributed by atoms with Crippen LogP contribution in [0.1, 0.15) is 20.3 Å². The number of nitrogens with zero attached hydrogens (tertiary/aromatic N) is 2. The maximum absolute atomic E-state index is 14.8. The third kappa shape index (κ3) is 3.95. The fourth-order valence-electron chi connectivity index (χ4n) is 2.72. The van der Waals surface area contributed by atoms with E-state index in [2.05, 4.69) is 10.3 Å². The lowest BCUT2D eigenvalue weighted by molar-refractivity contribution is -0.136. The van der Waals surface area contributed by atoms with Gasteiger partial charge in [-0.3, -0.25) is 14.2 Å². The molecule has 140 valence electrons. The standard InChI is InChI=1S/C19H18FN3O3S/c1-3-17(18(25)26)27-19-22-14-6-4-5-7-16(14)23(19)15-9-8-12(10-13(15)20)21-11(2)24/h4-10,17H,3H2,1-2H3,(H,21,24)(H,25,26). The second-order valence-corrected chi connectivity index (χ2v) is 7.09. The molecule has 2 N–H and O–H groups in total. The van der Waals surface area contributed by atoms with Gasteiger partial charge in [0.05, 0.1) is 16.7 Å². The van der Waals surface area contributed by atoms with Crippen LogP contribution >= 0.6 is 11.8 Å². The highest BCUT2D eigenvalue weighted by Gasteiger charge is 2.23. The Kier molecular flexibility index (Phi) is 5.46. The van der Waals surface area contributed by atoms with Gasteiger partial charge in [0, 0.05) is 12.6 Å². The average molecular weight is 387 g/mol. The molecule has 0 aliphatic rings. The summed E-state index contributed by atoms with van der Waals surface area (Å²) < 4.78 is 16.4. The molecule has 2 aromatic carbocycles. The predicted octanol–water partition coefficient (Wildman–Crippen LogP) is 4.08. The Morgan fingerprint density at radius 1 is 1.30 bits per heavy atom. The Balaban J connectivity index is 2.13. The number of halogens is 1. The van der Waals surface area contributed by atoms with E-state index in [0.717, 1.165) is 11.8 Å². The van der Waals surface area contributed by atoms with Crippen molar-refractivity contribution < 1.29 is 19.1 Å². The highest BCUT2D eigenvalue weighted by molar-refractivity contribution is 8.00. The molecule has 1 amide bonds. The van der Waals surface area contributed by atoms with Crippen LogP contribution in [-0.2, 0) is 9.59 Å². The van der Waals surface area contributed by atoms with Crippen LogP contribution in [0.4, 0.5) is 10.1 Å². The van der Waals surface area contributed by atoms with E-state index in [0.29, 0.717) is 28.3 Å². The van der Waals surface area contributed by atoms with Crippen LogP contribution in [0.2, 0.25) is 0 Å². The van der Waals surface area contributed by atoms with Gasteiger partial charge in [-0.2, -0.15) is 0 Å². The van der Waals surface area contributed by atoms with Gasteiger partial charge in [0.2, 0.25) is 5.91 Å². The van der Waals surface area contributed by atoms with Gasteiger partial charge in [-0.1, -0.05) is 30.8 Å². The van der Waals surface area contributed by atoms with E-state index in [1.165, 1.54) is 13.0 Å². The number of aliphatic carboxylic acids is 1. The quantitative estimate of drug-likeness (QED) is 0.623. The minimum Gasteiger partial charge on any atom is -0.480 e. The Hall–Kier alpha value is -2.87. The molecule has 0 spiro atoms. The van der Waals surface area contributed by atoms with Gasteiger partial charge in [0.1, 0.15) is 11.1 Å². The molecule has 0 aliphatic carbocycles. The van der Waals surface area contributed by atoms with E-state index < -0.39 is 17.0 Å². The van der Waals surface area contributed by atoms with Crippen LogP contribution in [0.15, 0.2) is 47.6 Å². The van der Waals surface area contributed by atoms with Gasteiger partial charge in [-0.15, -0.1) is 0 Å².